The highest BCUT2D eigenvalue weighted by Crippen LogP contribution is 2.21. The number of amides is 1. The fraction of sp³-hybridized carbons (Fsp3) is 0.0714. The van der Waals surface area contributed by atoms with Crippen molar-refractivity contribution in [3.8, 4) is 0 Å². The van der Waals surface area contributed by atoms with E-state index in [4.69, 9.17) is 5.73 Å². The third-order valence-corrected chi connectivity index (χ3v) is 2.81. The standard InChI is InChI=1S/C14H12F2N2O/c1-8-10(15)5-3-7-12(8)18-14(19)9-4-2-6-11(16)13(9)17/h2-7H,17H2,1H3,(H,18,19). The van der Waals surface area contributed by atoms with E-state index in [0.29, 0.717) is 11.3 Å². The molecule has 0 atom stereocenters. The number of para-hydroxylation sites is 1. The van der Waals surface area contributed by atoms with E-state index >= 15 is 0 Å². The molecule has 0 aromatic heterocycles. The second-order valence-electron chi connectivity index (χ2n) is 4.07. The van der Waals surface area contributed by atoms with Crippen LogP contribution in [-0.2, 0) is 0 Å². The Bertz CT molecular complexity index is 641. The van der Waals surface area contributed by atoms with Crippen LogP contribution < -0.4 is 11.1 Å². The average Bonchev–Trinajstić information content (AvgIpc) is 2.38. The molecule has 2 rings (SSSR count). The van der Waals surface area contributed by atoms with E-state index in [1.807, 2.05) is 0 Å². The number of nitrogens with one attached hydrogen (secondary N) is 1. The van der Waals surface area contributed by atoms with Gasteiger partial charge in [-0.05, 0) is 31.2 Å². The minimum absolute atomic E-state index is 0.0173. The molecule has 0 spiro atoms. The van der Waals surface area contributed by atoms with Crippen molar-refractivity contribution in [2.45, 2.75) is 6.92 Å². The van der Waals surface area contributed by atoms with Gasteiger partial charge in [-0.1, -0.05) is 12.1 Å². The van der Waals surface area contributed by atoms with Gasteiger partial charge in [0.2, 0.25) is 0 Å². The van der Waals surface area contributed by atoms with Crippen molar-refractivity contribution in [1.29, 1.82) is 0 Å². The first-order valence-electron chi connectivity index (χ1n) is 5.61. The number of carbonyl (C=O) groups is 1. The lowest BCUT2D eigenvalue weighted by Crippen LogP contribution is -2.15. The van der Waals surface area contributed by atoms with Crippen LogP contribution in [-0.4, -0.2) is 5.91 Å². The summed E-state index contributed by atoms with van der Waals surface area (Å²) in [5.41, 5.74) is 5.92. The fourth-order valence-corrected chi connectivity index (χ4v) is 1.67. The molecule has 2 aromatic rings. The topological polar surface area (TPSA) is 55.1 Å². The number of nitrogens with two attached hydrogens (primary N) is 1. The van der Waals surface area contributed by atoms with E-state index in [1.54, 1.807) is 13.0 Å². The summed E-state index contributed by atoms with van der Waals surface area (Å²) in [6, 6.07) is 8.29. The van der Waals surface area contributed by atoms with Crippen molar-refractivity contribution in [3.63, 3.8) is 0 Å². The summed E-state index contributed by atoms with van der Waals surface area (Å²) < 4.78 is 26.6. The summed E-state index contributed by atoms with van der Waals surface area (Å²) >= 11 is 0. The minimum Gasteiger partial charge on any atom is -0.396 e. The van der Waals surface area contributed by atoms with Gasteiger partial charge in [0.25, 0.3) is 5.91 Å². The summed E-state index contributed by atoms with van der Waals surface area (Å²) in [5.74, 6) is -1.67. The normalized spacial score (nSPS) is 10.3. The van der Waals surface area contributed by atoms with Crippen molar-refractivity contribution in [2.75, 3.05) is 11.1 Å². The second-order valence-corrected chi connectivity index (χ2v) is 4.07. The molecule has 0 radical (unpaired) electrons. The number of benzene rings is 2. The monoisotopic (exact) mass is 262 g/mol. The van der Waals surface area contributed by atoms with Crippen molar-refractivity contribution in [2.24, 2.45) is 0 Å². The summed E-state index contributed by atoms with van der Waals surface area (Å²) in [7, 11) is 0. The third kappa shape index (κ3) is 2.54. The van der Waals surface area contributed by atoms with Crippen LogP contribution in [0.4, 0.5) is 20.2 Å². The van der Waals surface area contributed by atoms with E-state index in [2.05, 4.69) is 5.32 Å². The van der Waals surface area contributed by atoms with Crippen molar-refractivity contribution in [3.05, 3.63) is 59.2 Å². The maximum Gasteiger partial charge on any atom is 0.257 e. The van der Waals surface area contributed by atoms with Gasteiger partial charge in [0, 0.05) is 11.3 Å². The molecule has 3 N–H and O–H groups in total. The van der Waals surface area contributed by atoms with Gasteiger partial charge in [-0.25, -0.2) is 8.78 Å². The molecule has 0 heterocycles. The number of nitrogen functional groups attached to an aromatic ring is 1. The number of rotatable bonds is 2. The Labute approximate surface area is 109 Å². The van der Waals surface area contributed by atoms with Crippen LogP contribution in [0.1, 0.15) is 15.9 Å². The Hall–Kier alpha value is -2.43. The molecule has 98 valence electrons. The lowest BCUT2D eigenvalue weighted by molar-refractivity contribution is 0.102. The van der Waals surface area contributed by atoms with Crippen molar-refractivity contribution >= 4 is 17.3 Å². The predicted molar refractivity (Wildman–Crippen MR) is 69.9 cm³/mol. The van der Waals surface area contributed by atoms with Gasteiger partial charge < -0.3 is 11.1 Å². The zero-order chi connectivity index (χ0) is 14.0. The highest BCUT2D eigenvalue weighted by molar-refractivity contribution is 6.08. The van der Waals surface area contributed by atoms with Crippen LogP contribution in [0.15, 0.2) is 36.4 Å². The largest absolute Gasteiger partial charge is 0.396 e. The van der Waals surface area contributed by atoms with E-state index in [0.717, 1.165) is 0 Å². The molecule has 0 aliphatic carbocycles. The van der Waals surface area contributed by atoms with Gasteiger partial charge >= 0.3 is 0 Å². The zero-order valence-electron chi connectivity index (χ0n) is 10.2. The number of carbonyl (C=O) groups excluding carboxylic acids is 1. The molecule has 0 saturated heterocycles. The minimum atomic E-state index is -0.663. The molecule has 0 fully saturated rings. The zero-order valence-corrected chi connectivity index (χ0v) is 10.2. The van der Waals surface area contributed by atoms with Crippen LogP contribution >= 0.6 is 0 Å². The molecule has 19 heavy (non-hydrogen) atoms. The SMILES string of the molecule is Cc1c(F)cccc1NC(=O)c1cccc(F)c1N. The highest BCUT2D eigenvalue weighted by atomic mass is 19.1. The van der Waals surface area contributed by atoms with E-state index < -0.39 is 17.5 Å². The van der Waals surface area contributed by atoms with Crippen LogP contribution in [0, 0.1) is 18.6 Å². The first-order valence-corrected chi connectivity index (χ1v) is 5.61. The maximum absolute atomic E-state index is 13.3. The van der Waals surface area contributed by atoms with Crippen molar-refractivity contribution < 1.29 is 13.6 Å². The lowest BCUT2D eigenvalue weighted by Gasteiger charge is -2.10. The van der Waals surface area contributed by atoms with E-state index in [-0.39, 0.29) is 11.3 Å². The van der Waals surface area contributed by atoms with Gasteiger partial charge in [0.15, 0.2) is 0 Å². The first kappa shape index (κ1) is 13.0. The molecular weight excluding hydrogens is 250 g/mol. The molecule has 1 amide bonds. The Morgan fingerprint density at radius 2 is 1.74 bits per heavy atom. The summed E-state index contributed by atoms with van der Waals surface area (Å²) in [6.07, 6.45) is 0. The number of hydrogen-bond donors (Lipinski definition) is 2. The van der Waals surface area contributed by atoms with Gasteiger partial charge in [0.1, 0.15) is 11.6 Å². The second kappa shape index (κ2) is 5.06. The molecule has 5 heteroatoms. The predicted octanol–water partition coefficient (Wildman–Crippen LogP) is 3.11. The Kier molecular flexibility index (Phi) is 3.46. The number of halogens is 2. The molecular formula is C14H12F2N2O. The number of anilines is 2. The Morgan fingerprint density at radius 3 is 2.47 bits per heavy atom. The third-order valence-electron chi connectivity index (χ3n) is 2.81. The van der Waals surface area contributed by atoms with Crippen LogP contribution in [0.2, 0.25) is 0 Å². The summed E-state index contributed by atoms with van der Waals surface area (Å²) in [4.78, 5) is 12.0. The first-order chi connectivity index (χ1) is 9.00. The quantitative estimate of drug-likeness (QED) is 0.817. The van der Waals surface area contributed by atoms with E-state index in [1.165, 1.54) is 30.3 Å². The van der Waals surface area contributed by atoms with Gasteiger partial charge in [0.05, 0.1) is 11.3 Å². The average molecular weight is 262 g/mol. The highest BCUT2D eigenvalue weighted by Gasteiger charge is 2.14. The molecule has 0 bridgehead atoms. The lowest BCUT2D eigenvalue weighted by atomic mass is 10.1. The molecule has 0 saturated carbocycles. The fourth-order valence-electron chi connectivity index (χ4n) is 1.67. The Morgan fingerprint density at radius 1 is 1.11 bits per heavy atom. The molecule has 2 aromatic carbocycles. The van der Waals surface area contributed by atoms with E-state index in [9.17, 15) is 13.6 Å². The number of hydrogen-bond acceptors (Lipinski definition) is 2. The smallest absolute Gasteiger partial charge is 0.257 e. The summed E-state index contributed by atoms with van der Waals surface area (Å²) in [6.45, 7) is 1.54. The molecule has 3 nitrogen and oxygen atoms in total. The van der Waals surface area contributed by atoms with Crippen molar-refractivity contribution in [1.82, 2.24) is 0 Å². The van der Waals surface area contributed by atoms with Crippen LogP contribution in [0.5, 0.6) is 0 Å². The van der Waals surface area contributed by atoms with Gasteiger partial charge in [-0.3, -0.25) is 4.79 Å². The van der Waals surface area contributed by atoms with Crippen LogP contribution in [0.25, 0.3) is 0 Å². The van der Waals surface area contributed by atoms with Crippen LogP contribution in [0.3, 0.4) is 0 Å². The molecule has 0 unspecified atom stereocenters. The molecule has 0 aliphatic rings. The van der Waals surface area contributed by atoms with Gasteiger partial charge in [-0.15, -0.1) is 0 Å². The molecule has 0 aliphatic heterocycles. The van der Waals surface area contributed by atoms with Gasteiger partial charge in [-0.2, -0.15) is 0 Å². The Balaban J connectivity index is 2.31. The summed E-state index contributed by atoms with van der Waals surface area (Å²) in [5, 5.41) is 2.51. The maximum atomic E-state index is 13.3.